The summed E-state index contributed by atoms with van der Waals surface area (Å²) < 4.78 is 115. The molecule has 0 bridgehead atoms. The van der Waals surface area contributed by atoms with E-state index in [2.05, 4.69) is 15.4 Å². The third-order valence-corrected chi connectivity index (χ3v) is 21.1. The minimum absolute atomic E-state index is 0.0273. The van der Waals surface area contributed by atoms with Gasteiger partial charge in [0.05, 0.1) is 29.9 Å². The van der Waals surface area contributed by atoms with Gasteiger partial charge in [-0.15, -0.1) is 0 Å². The van der Waals surface area contributed by atoms with Crippen molar-refractivity contribution in [3.05, 3.63) is 53.1 Å². The molecule has 0 saturated carbocycles. The first kappa shape index (κ1) is 40.0. The number of fused-ring (bicyclic) bond motifs is 2. The molecule has 4 heterocycles. The van der Waals surface area contributed by atoms with Crippen LogP contribution in [0.25, 0.3) is 11.0 Å². The summed E-state index contributed by atoms with van der Waals surface area (Å²) in [6.45, 7) is 17.3. The first-order valence-corrected chi connectivity index (χ1v) is 22.6. The molecule has 4 unspecified atom stereocenters. The van der Waals surface area contributed by atoms with E-state index in [0.717, 1.165) is 4.68 Å². The predicted octanol–water partition coefficient (Wildman–Crippen LogP) is 8.49. The van der Waals surface area contributed by atoms with Crippen molar-refractivity contribution in [3.8, 4) is 0 Å². The average Bonchev–Trinajstić information content (AvgIpc) is 3.56. The van der Waals surface area contributed by atoms with Crippen LogP contribution in [0.2, 0.25) is 27.3 Å². The number of benzene rings is 1. The normalized spacial score (nSPS) is 24.7. The molecule has 5 rings (SSSR count). The van der Waals surface area contributed by atoms with Gasteiger partial charge >= 0.3 is 32.7 Å². The minimum Gasteiger partial charge on any atom is -0.414 e. The second-order valence-corrected chi connectivity index (χ2v) is 25.1. The number of pyridine rings is 1. The average molecular weight is 797 g/mol. The summed E-state index contributed by atoms with van der Waals surface area (Å²) in [4.78, 5) is 4.39. The smallest absolute Gasteiger partial charge is 0.414 e. The number of ether oxygens (including phenoxy) is 1. The molecular formula is C32H45ClF4N4O7SSi2. The largest absolute Gasteiger partial charge is 0.523 e. The standard InChI is InChI=1S/C32H45ClF4N4O7SSi2/c1-17(2)50(18(3)4)44-16-26-28(47-51(48-50,19(5)6)20(7)8)29(46-49(42,43)32(35,36)37)31(45-26)41-30-23(15-38-41)25(14-27(33)40-30)39-21(9)22-12-10-11-13-24(22)34/h10-15,17-21,26,28-29,31H,16H2,1-9H3,(H,39,40)/t21-,26?,28?,29?,31?/m0/s1. The number of alkyl halides is 3. The van der Waals surface area contributed by atoms with E-state index in [0.29, 0.717) is 16.6 Å². The second kappa shape index (κ2) is 14.6. The molecule has 2 saturated heterocycles. The number of nitrogens with zero attached hydrogens (tertiary/aromatic N) is 3. The topological polar surface area (TPSA) is 123 Å². The first-order chi connectivity index (χ1) is 23.6. The summed E-state index contributed by atoms with van der Waals surface area (Å²) in [5.74, 6) is -0.431. The fourth-order valence-corrected chi connectivity index (χ4v) is 19.1. The van der Waals surface area contributed by atoms with Crippen molar-refractivity contribution in [1.29, 1.82) is 0 Å². The van der Waals surface area contributed by atoms with Crippen LogP contribution in [-0.2, 0) is 32.0 Å². The Kier molecular flexibility index (Phi) is 11.4. The number of hydrogen-bond acceptors (Lipinski definition) is 10. The van der Waals surface area contributed by atoms with Gasteiger partial charge in [0.2, 0.25) is 0 Å². The molecule has 0 radical (unpaired) electrons. The number of aromatic nitrogens is 3. The lowest BCUT2D eigenvalue weighted by Crippen LogP contribution is -2.66. The lowest BCUT2D eigenvalue weighted by molar-refractivity contribution is -0.0716. The van der Waals surface area contributed by atoms with E-state index in [9.17, 15) is 26.0 Å². The molecule has 0 aliphatic carbocycles. The van der Waals surface area contributed by atoms with Crippen molar-refractivity contribution in [2.75, 3.05) is 11.9 Å². The fraction of sp³-hybridized carbons (Fsp3) is 0.625. The zero-order valence-corrected chi connectivity index (χ0v) is 33.4. The van der Waals surface area contributed by atoms with Gasteiger partial charge < -0.3 is 23.0 Å². The van der Waals surface area contributed by atoms with Crippen LogP contribution in [0, 0.1) is 5.82 Å². The lowest BCUT2D eigenvalue weighted by atomic mass is 10.1. The molecule has 2 aromatic heterocycles. The maximum absolute atomic E-state index is 14.6. The van der Waals surface area contributed by atoms with Crippen molar-refractivity contribution in [1.82, 2.24) is 14.8 Å². The monoisotopic (exact) mass is 796 g/mol. The van der Waals surface area contributed by atoms with Crippen LogP contribution in [0.5, 0.6) is 0 Å². The highest BCUT2D eigenvalue weighted by molar-refractivity contribution is 7.87. The Morgan fingerprint density at radius 3 is 2.18 bits per heavy atom. The predicted molar refractivity (Wildman–Crippen MR) is 189 cm³/mol. The van der Waals surface area contributed by atoms with Crippen LogP contribution in [0.1, 0.15) is 80.1 Å². The number of rotatable bonds is 10. The van der Waals surface area contributed by atoms with Gasteiger partial charge in [0, 0.05) is 5.56 Å². The summed E-state index contributed by atoms with van der Waals surface area (Å²) >= 11 is 6.45. The van der Waals surface area contributed by atoms with E-state index in [1.54, 1.807) is 25.1 Å². The molecule has 2 aliphatic rings. The van der Waals surface area contributed by atoms with E-state index in [1.165, 1.54) is 18.3 Å². The van der Waals surface area contributed by atoms with Crippen LogP contribution in [0.3, 0.4) is 0 Å². The molecule has 0 spiro atoms. The highest BCUT2D eigenvalue weighted by atomic mass is 35.5. The number of halogens is 5. The van der Waals surface area contributed by atoms with Crippen LogP contribution < -0.4 is 5.32 Å². The SMILES string of the molecule is CC(C)[Si]1(C(C)C)OCC2OC(n3ncc4c(N[C@@H](C)c5ccccc5F)cc(Cl)nc43)C(OS(=O)(=O)C(F)(F)F)C2O[Si](C(C)C)(C(C)C)O1. The molecule has 5 atom stereocenters. The van der Waals surface area contributed by atoms with Crippen molar-refractivity contribution in [2.24, 2.45) is 0 Å². The van der Waals surface area contributed by atoms with Gasteiger partial charge in [-0.25, -0.2) is 14.1 Å². The summed E-state index contributed by atoms with van der Waals surface area (Å²) in [5.41, 5.74) is -5.51. The van der Waals surface area contributed by atoms with Crippen molar-refractivity contribution in [3.63, 3.8) is 0 Å². The number of anilines is 1. The Morgan fingerprint density at radius 2 is 1.61 bits per heavy atom. The van der Waals surface area contributed by atoms with Gasteiger partial charge in [0.15, 0.2) is 18.0 Å². The molecule has 0 amide bonds. The van der Waals surface area contributed by atoms with Crippen molar-refractivity contribution >= 4 is 55.6 Å². The van der Waals surface area contributed by atoms with Crippen molar-refractivity contribution in [2.45, 2.75) is 121 Å². The van der Waals surface area contributed by atoms with E-state index < -0.39 is 69.1 Å². The van der Waals surface area contributed by atoms with E-state index in [-0.39, 0.29) is 39.6 Å². The van der Waals surface area contributed by atoms with Crippen LogP contribution in [-0.4, -0.2) is 70.7 Å². The van der Waals surface area contributed by atoms with Gasteiger partial charge in [-0.1, -0.05) is 85.2 Å². The fourth-order valence-electron chi connectivity index (χ4n) is 7.05. The molecule has 284 valence electrons. The Morgan fingerprint density at radius 1 is 1.00 bits per heavy atom. The number of nitrogens with one attached hydrogen (secondary N) is 1. The van der Waals surface area contributed by atoms with E-state index >= 15 is 0 Å². The third kappa shape index (κ3) is 7.36. The van der Waals surface area contributed by atoms with Gasteiger partial charge in [0.1, 0.15) is 23.2 Å². The Hall–Kier alpha value is -2.17. The summed E-state index contributed by atoms with van der Waals surface area (Å²) in [6, 6.07) is 7.17. The highest BCUT2D eigenvalue weighted by Crippen LogP contribution is 2.50. The van der Waals surface area contributed by atoms with Gasteiger partial charge in [0.25, 0.3) is 0 Å². The number of hydrogen-bond donors (Lipinski definition) is 1. The Bertz CT molecular complexity index is 1820. The lowest BCUT2D eigenvalue weighted by Gasteiger charge is -2.51. The van der Waals surface area contributed by atoms with E-state index in [1.807, 2.05) is 55.4 Å². The third-order valence-electron chi connectivity index (χ3n) is 9.66. The molecule has 2 aliphatic heterocycles. The minimum atomic E-state index is -6.18. The quantitative estimate of drug-likeness (QED) is 0.0703. The first-order valence-electron chi connectivity index (χ1n) is 16.9. The molecule has 3 aromatic rings. The second-order valence-electron chi connectivity index (χ2n) is 14.3. The maximum Gasteiger partial charge on any atom is 0.523 e. The zero-order chi connectivity index (χ0) is 37.8. The molecule has 19 heteroatoms. The summed E-state index contributed by atoms with van der Waals surface area (Å²) in [7, 11) is -12.8. The van der Waals surface area contributed by atoms with Crippen LogP contribution in [0.4, 0.5) is 23.2 Å². The van der Waals surface area contributed by atoms with Crippen LogP contribution in [0.15, 0.2) is 36.5 Å². The Balaban J connectivity index is 1.65. The highest BCUT2D eigenvalue weighted by Gasteiger charge is 2.64. The Labute approximate surface area is 302 Å². The summed E-state index contributed by atoms with van der Waals surface area (Å²) in [6.07, 6.45) is -4.58. The van der Waals surface area contributed by atoms with Crippen molar-refractivity contribution < 1.29 is 47.9 Å². The van der Waals surface area contributed by atoms with Gasteiger partial charge in [-0.3, -0.25) is 4.18 Å². The molecule has 11 nitrogen and oxygen atoms in total. The molecule has 2 fully saturated rings. The maximum atomic E-state index is 14.6. The molecule has 51 heavy (non-hydrogen) atoms. The molecular weight excluding hydrogens is 752 g/mol. The van der Waals surface area contributed by atoms with Crippen LogP contribution >= 0.6 is 11.6 Å². The summed E-state index contributed by atoms with van der Waals surface area (Å²) in [5, 5.41) is 7.94. The van der Waals surface area contributed by atoms with Gasteiger partial charge in [-0.2, -0.15) is 26.7 Å². The van der Waals surface area contributed by atoms with Gasteiger partial charge in [-0.05, 0) is 41.2 Å². The van der Waals surface area contributed by atoms with E-state index in [4.69, 9.17) is 33.5 Å². The zero-order valence-electron chi connectivity index (χ0n) is 29.9. The molecule has 1 N–H and O–H groups in total. The molecule has 1 aromatic carbocycles.